The zero-order valence-corrected chi connectivity index (χ0v) is 30.9. The second-order valence-corrected chi connectivity index (χ2v) is 18.8. The zero-order chi connectivity index (χ0) is 34.5. The number of benzene rings is 2. The van der Waals surface area contributed by atoms with E-state index < -0.39 is 25.6 Å². The average molecular weight is 699 g/mol. The zero-order valence-electron chi connectivity index (χ0n) is 29.3. The summed E-state index contributed by atoms with van der Waals surface area (Å²) in [6, 6.07) is 14.7. The van der Waals surface area contributed by atoms with Gasteiger partial charge in [0.05, 0.1) is 16.5 Å². The van der Waals surface area contributed by atoms with Crippen LogP contribution < -0.4 is 4.90 Å². The van der Waals surface area contributed by atoms with Gasteiger partial charge in [0.25, 0.3) is 10.2 Å². The molecule has 0 bridgehead atoms. The highest BCUT2D eigenvalue weighted by molar-refractivity contribution is 7.89. The molecule has 1 saturated carbocycles. The monoisotopic (exact) mass is 698 g/mol. The summed E-state index contributed by atoms with van der Waals surface area (Å²) in [5.41, 5.74) is 2.80. The number of rotatable bonds is 7. The number of fused-ring (bicyclic) bond motifs is 1. The van der Waals surface area contributed by atoms with Gasteiger partial charge in [-0.25, -0.2) is 8.42 Å². The first-order chi connectivity index (χ1) is 22.8. The first kappa shape index (κ1) is 36.7. The highest BCUT2D eigenvalue weighted by atomic mass is 32.2. The lowest BCUT2D eigenvalue weighted by Crippen LogP contribution is -2.52. The summed E-state index contributed by atoms with van der Waals surface area (Å²) in [7, 11) is -3.83. The molecule has 2 aromatic carbocycles. The van der Waals surface area contributed by atoms with E-state index in [1.807, 2.05) is 57.1 Å². The molecule has 3 aliphatic rings. The van der Waals surface area contributed by atoms with Gasteiger partial charge in [0.1, 0.15) is 0 Å². The minimum absolute atomic E-state index is 0.208. The Kier molecular flexibility index (Phi) is 11.9. The molecule has 1 saturated heterocycles. The molecule has 2 aromatic rings. The van der Waals surface area contributed by atoms with E-state index in [2.05, 4.69) is 11.0 Å². The summed E-state index contributed by atoms with van der Waals surface area (Å²) in [6.07, 6.45) is 8.25. The van der Waals surface area contributed by atoms with Gasteiger partial charge < -0.3 is 9.80 Å². The summed E-state index contributed by atoms with van der Waals surface area (Å²) < 4.78 is 62.0. The number of nitrogens with zero attached hydrogens (tertiary/aromatic N) is 6. The summed E-state index contributed by atoms with van der Waals surface area (Å²) in [5.74, 6) is 0.635. The Morgan fingerprint density at radius 3 is 2.08 bits per heavy atom. The quantitative estimate of drug-likeness (QED) is 0.404. The van der Waals surface area contributed by atoms with E-state index in [0.717, 1.165) is 49.3 Å². The van der Waals surface area contributed by atoms with Crippen LogP contribution in [0.1, 0.15) is 75.5 Å². The molecule has 2 aliphatic heterocycles. The van der Waals surface area contributed by atoms with E-state index in [0.29, 0.717) is 37.5 Å². The molecular weight excluding hydrogens is 645 g/mol. The number of sulfonamides is 1. The van der Waals surface area contributed by atoms with E-state index in [4.69, 9.17) is 0 Å². The highest BCUT2D eigenvalue weighted by Gasteiger charge is 2.38. The Bertz CT molecular complexity index is 1650. The second kappa shape index (κ2) is 15.6. The van der Waals surface area contributed by atoms with Gasteiger partial charge >= 0.3 is 0 Å². The lowest BCUT2D eigenvalue weighted by molar-refractivity contribution is 0.158. The van der Waals surface area contributed by atoms with Crippen LogP contribution >= 0.6 is 0 Å². The SMILES string of the molecule is CN(C)c1ccc(S(=O)(=O)N2CCCN(CC3CCCCC3)CCCN(S(=O)(=O)N3CCc4cc(C#N)ccc4C3)CC(C)(C)C2)cc1. The fraction of sp³-hybridized carbons (Fsp3) is 0.639. The Morgan fingerprint density at radius 1 is 0.792 bits per heavy atom. The van der Waals surface area contributed by atoms with E-state index in [-0.39, 0.29) is 24.5 Å². The fourth-order valence-electron chi connectivity index (χ4n) is 7.56. The number of anilines is 1. The molecule has 1 aliphatic carbocycles. The summed E-state index contributed by atoms with van der Waals surface area (Å²) >= 11 is 0. The predicted molar refractivity (Wildman–Crippen MR) is 191 cm³/mol. The molecule has 0 aromatic heterocycles. The highest BCUT2D eigenvalue weighted by Crippen LogP contribution is 2.30. The number of hydrogen-bond acceptors (Lipinski definition) is 7. The molecule has 0 spiro atoms. The van der Waals surface area contributed by atoms with Gasteiger partial charge in [-0.05, 0) is 104 Å². The van der Waals surface area contributed by atoms with E-state index in [9.17, 15) is 22.1 Å². The third-order valence-corrected chi connectivity index (χ3v) is 14.0. The minimum Gasteiger partial charge on any atom is -0.378 e. The van der Waals surface area contributed by atoms with Gasteiger partial charge in [0, 0.05) is 65.6 Å². The Morgan fingerprint density at radius 2 is 1.44 bits per heavy atom. The Labute approximate surface area is 289 Å². The second-order valence-electron chi connectivity index (χ2n) is 14.9. The van der Waals surface area contributed by atoms with Crippen LogP contribution in [0.2, 0.25) is 0 Å². The predicted octanol–water partition coefficient (Wildman–Crippen LogP) is 4.92. The molecule has 10 nitrogen and oxygen atoms in total. The Balaban J connectivity index is 1.42. The fourth-order valence-corrected chi connectivity index (χ4v) is 11.0. The molecule has 12 heteroatoms. The molecule has 48 heavy (non-hydrogen) atoms. The van der Waals surface area contributed by atoms with Crippen LogP contribution in [0.3, 0.4) is 0 Å². The van der Waals surface area contributed by atoms with Crippen LogP contribution in [-0.4, -0.2) is 101 Å². The van der Waals surface area contributed by atoms with Gasteiger partial charge in [-0.15, -0.1) is 0 Å². The van der Waals surface area contributed by atoms with E-state index >= 15 is 0 Å². The van der Waals surface area contributed by atoms with Crippen LogP contribution in [0.5, 0.6) is 0 Å². The first-order valence-corrected chi connectivity index (χ1v) is 20.4. The van der Waals surface area contributed by atoms with Crippen molar-refractivity contribution in [2.45, 2.75) is 76.7 Å². The molecule has 0 amide bonds. The lowest BCUT2D eigenvalue weighted by Gasteiger charge is -2.40. The molecule has 0 atom stereocenters. The van der Waals surface area contributed by atoms with Crippen molar-refractivity contribution in [2.24, 2.45) is 11.3 Å². The normalized spacial score (nSPS) is 21.8. The van der Waals surface area contributed by atoms with Crippen molar-refractivity contribution < 1.29 is 16.8 Å². The standard InChI is InChI=1S/C36H54N6O4S2/c1-36(2)28-41(47(43,44)35-16-14-34(15-17-35)38(3)4)21-8-19-39(26-30-10-6-5-7-11-30)20-9-22-42(29-36)48(45,46)40-23-18-32-24-31(25-37)12-13-33(32)27-40/h12-17,24,30H,5-11,18-23,26-29H2,1-4H3. The van der Waals surface area contributed by atoms with Crippen molar-refractivity contribution in [1.82, 2.24) is 17.8 Å². The maximum atomic E-state index is 14.4. The van der Waals surface area contributed by atoms with Crippen LogP contribution in [0.15, 0.2) is 47.4 Å². The van der Waals surface area contributed by atoms with Crippen LogP contribution in [0.4, 0.5) is 5.69 Å². The summed E-state index contributed by atoms with van der Waals surface area (Å²) in [6.45, 7) is 8.27. The molecule has 2 fully saturated rings. The van der Waals surface area contributed by atoms with Crippen molar-refractivity contribution in [1.29, 1.82) is 5.26 Å². The van der Waals surface area contributed by atoms with Gasteiger partial charge in [0.15, 0.2) is 0 Å². The molecule has 5 rings (SSSR count). The van der Waals surface area contributed by atoms with Crippen molar-refractivity contribution in [2.75, 3.05) is 71.4 Å². The largest absolute Gasteiger partial charge is 0.378 e. The topological polar surface area (TPSA) is 108 Å². The smallest absolute Gasteiger partial charge is 0.282 e. The molecule has 2 heterocycles. The van der Waals surface area contributed by atoms with Gasteiger partial charge in [-0.2, -0.15) is 26.6 Å². The maximum Gasteiger partial charge on any atom is 0.282 e. The van der Waals surface area contributed by atoms with Gasteiger partial charge in [-0.3, -0.25) is 0 Å². The van der Waals surface area contributed by atoms with E-state index in [1.54, 1.807) is 31.1 Å². The summed E-state index contributed by atoms with van der Waals surface area (Å²) in [5, 5.41) is 9.34. The molecule has 0 N–H and O–H groups in total. The van der Waals surface area contributed by atoms with Crippen molar-refractivity contribution >= 4 is 25.9 Å². The average Bonchev–Trinajstić information content (AvgIpc) is 3.06. The third-order valence-electron chi connectivity index (χ3n) is 10.2. The Hall–Kier alpha value is -2.53. The van der Waals surface area contributed by atoms with Crippen molar-refractivity contribution in [3.05, 3.63) is 59.2 Å². The van der Waals surface area contributed by atoms with Crippen LogP contribution in [0.25, 0.3) is 0 Å². The summed E-state index contributed by atoms with van der Waals surface area (Å²) in [4.78, 5) is 4.65. The number of hydrogen-bond donors (Lipinski definition) is 0. The third kappa shape index (κ3) is 8.97. The van der Waals surface area contributed by atoms with Crippen molar-refractivity contribution in [3.63, 3.8) is 0 Å². The minimum atomic E-state index is -3.86. The lowest BCUT2D eigenvalue weighted by atomic mass is 9.89. The molecule has 0 unspecified atom stereocenters. The van der Waals surface area contributed by atoms with Crippen LogP contribution in [-0.2, 0) is 33.2 Å². The molecule has 0 radical (unpaired) electrons. The van der Waals surface area contributed by atoms with Crippen molar-refractivity contribution in [3.8, 4) is 6.07 Å². The maximum absolute atomic E-state index is 14.4. The first-order valence-electron chi connectivity index (χ1n) is 17.6. The van der Waals surface area contributed by atoms with Crippen LogP contribution in [0, 0.1) is 22.7 Å². The van der Waals surface area contributed by atoms with E-state index in [1.165, 1.54) is 32.1 Å². The van der Waals surface area contributed by atoms with Gasteiger partial charge in [0.2, 0.25) is 10.0 Å². The molecular formula is C36H54N6O4S2. The number of nitriles is 1. The van der Waals surface area contributed by atoms with Gasteiger partial charge in [-0.1, -0.05) is 39.2 Å². The molecule has 264 valence electrons.